The van der Waals surface area contributed by atoms with Gasteiger partial charge in [-0.2, -0.15) is 4.58 Å². The SMILES string of the molecule is CC1=CC(C)(C)N(CCCS(C)(=O)=O)c2cc3c(cc21)/C(=C/C=C/C1=[N+](CCCS(C)(=O)=O)c2ccc(C)cc2C1(C)CCCC(=O)O)C=C(C(C)(C)C)O3. The van der Waals surface area contributed by atoms with Gasteiger partial charge in [0.1, 0.15) is 37.7 Å². The van der Waals surface area contributed by atoms with Crippen LogP contribution < -0.4 is 9.64 Å². The van der Waals surface area contributed by atoms with Crippen molar-refractivity contribution in [2.45, 2.75) is 98.4 Å². The van der Waals surface area contributed by atoms with Crippen LogP contribution in [0.25, 0.3) is 11.1 Å². The van der Waals surface area contributed by atoms with E-state index in [2.05, 4.69) is 126 Å². The first kappa shape index (κ1) is 42.2. The zero-order valence-electron chi connectivity index (χ0n) is 34.2. The molecule has 0 spiro atoms. The van der Waals surface area contributed by atoms with Crippen LogP contribution in [0.2, 0.25) is 0 Å². The fourth-order valence-electron chi connectivity index (χ4n) is 8.17. The Morgan fingerprint density at radius 2 is 1.62 bits per heavy atom. The number of ether oxygens (including phenoxy) is 1. The Hall–Kier alpha value is -3.96. The predicted octanol–water partition coefficient (Wildman–Crippen LogP) is 8.44. The highest BCUT2D eigenvalue weighted by Crippen LogP contribution is 2.48. The van der Waals surface area contributed by atoms with Crippen molar-refractivity contribution >= 4 is 53.9 Å². The van der Waals surface area contributed by atoms with Crippen LogP contribution in [0.3, 0.4) is 0 Å². The second kappa shape index (κ2) is 15.5. The summed E-state index contributed by atoms with van der Waals surface area (Å²) in [5, 5.41) is 9.52. The molecule has 0 radical (unpaired) electrons. The number of hydrogen-bond acceptors (Lipinski definition) is 7. The summed E-state index contributed by atoms with van der Waals surface area (Å²) in [6, 6.07) is 10.6. The molecular formula is C44H59N2O7S2+. The Morgan fingerprint density at radius 3 is 2.25 bits per heavy atom. The highest BCUT2D eigenvalue weighted by Gasteiger charge is 2.47. The van der Waals surface area contributed by atoms with Crippen LogP contribution >= 0.6 is 0 Å². The van der Waals surface area contributed by atoms with E-state index in [1.807, 2.05) is 0 Å². The van der Waals surface area contributed by atoms with Crippen LogP contribution in [0.5, 0.6) is 5.75 Å². The summed E-state index contributed by atoms with van der Waals surface area (Å²) in [6.45, 7) is 18.1. The Balaban J connectivity index is 1.63. The molecule has 5 rings (SSSR count). The molecule has 1 atom stereocenters. The molecule has 55 heavy (non-hydrogen) atoms. The Bertz CT molecular complexity index is 2250. The van der Waals surface area contributed by atoms with Gasteiger partial charge in [0.2, 0.25) is 5.69 Å². The lowest BCUT2D eigenvalue weighted by molar-refractivity contribution is -0.437. The molecule has 0 amide bonds. The number of sulfone groups is 2. The minimum Gasteiger partial charge on any atom is -0.481 e. The smallest absolute Gasteiger partial charge is 0.303 e. The largest absolute Gasteiger partial charge is 0.481 e. The third-order valence-electron chi connectivity index (χ3n) is 10.9. The molecule has 3 heterocycles. The molecule has 9 nitrogen and oxygen atoms in total. The summed E-state index contributed by atoms with van der Waals surface area (Å²) in [5.41, 5.74) is 8.29. The lowest BCUT2D eigenvalue weighted by atomic mass is 9.75. The Labute approximate surface area is 329 Å². The standard InChI is InChI=1S/C44H58N2O7S2/c1-30-18-19-36-35(25-30)44(8,20-12-17-41(47)48)39(45(36)21-13-23-54(9,49)50)16-11-15-32-26-40(42(3,4)5)53-38-28-37-33(27-34(32)38)31(2)29-43(6,7)46(37)22-14-24-55(10,51)52/h11,15-16,18-19,25-29H,12-14,17,20-24H2,1-10H3/p+1. The topological polar surface area (TPSA) is 121 Å². The van der Waals surface area contributed by atoms with E-state index in [-0.39, 0.29) is 28.9 Å². The van der Waals surface area contributed by atoms with E-state index in [0.717, 1.165) is 62.0 Å². The normalized spacial score (nSPS) is 20.3. The van der Waals surface area contributed by atoms with E-state index >= 15 is 0 Å². The van der Waals surface area contributed by atoms with Gasteiger partial charge >= 0.3 is 5.97 Å². The number of hydrogen-bond donors (Lipinski definition) is 1. The molecule has 3 aliphatic heterocycles. The van der Waals surface area contributed by atoms with Gasteiger partial charge in [0, 0.05) is 77.9 Å². The van der Waals surface area contributed by atoms with Gasteiger partial charge in [-0.3, -0.25) is 4.79 Å². The van der Waals surface area contributed by atoms with Gasteiger partial charge in [0.15, 0.2) is 5.71 Å². The van der Waals surface area contributed by atoms with Gasteiger partial charge in [-0.25, -0.2) is 16.8 Å². The minimum atomic E-state index is -3.16. The molecule has 3 aliphatic rings. The number of anilines is 1. The maximum Gasteiger partial charge on any atom is 0.303 e. The Kier molecular flexibility index (Phi) is 11.9. The number of carbonyl (C=O) groups is 1. The van der Waals surface area contributed by atoms with Crippen molar-refractivity contribution in [1.29, 1.82) is 0 Å². The highest BCUT2D eigenvalue weighted by molar-refractivity contribution is 7.90. The van der Waals surface area contributed by atoms with E-state index in [0.29, 0.717) is 38.8 Å². The number of allylic oxidation sites excluding steroid dienone is 7. The lowest BCUT2D eigenvalue weighted by Crippen LogP contribution is -2.46. The Morgan fingerprint density at radius 1 is 0.945 bits per heavy atom. The van der Waals surface area contributed by atoms with Crippen LogP contribution in [-0.2, 0) is 29.9 Å². The summed E-state index contributed by atoms with van der Waals surface area (Å²) in [4.78, 5) is 13.9. The first-order valence-corrected chi connectivity index (χ1v) is 23.3. The van der Waals surface area contributed by atoms with Crippen LogP contribution in [0, 0.1) is 12.3 Å². The maximum absolute atomic E-state index is 12.1. The van der Waals surface area contributed by atoms with Crippen LogP contribution in [0.1, 0.15) is 103 Å². The van der Waals surface area contributed by atoms with E-state index in [4.69, 9.17) is 4.74 Å². The molecular weight excluding hydrogens is 733 g/mol. The molecule has 0 aromatic heterocycles. The fraction of sp³-hybridized carbons (Fsp3) is 0.500. The molecule has 298 valence electrons. The van der Waals surface area contributed by atoms with Crippen molar-refractivity contribution in [3.63, 3.8) is 0 Å². The summed E-state index contributed by atoms with van der Waals surface area (Å²) >= 11 is 0. The molecule has 0 bridgehead atoms. The number of carboxylic acids is 1. The first-order valence-electron chi connectivity index (χ1n) is 19.2. The lowest BCUT2D eigenvalue weighted by Gasteiger charge is -2.44. The third kappa shape index (κ3) is 9.71. The summed E-state index contributed by atoms with van der Waals surface area (Å²) in [7, 11) is -6.26. The van der Waals surface area contributed by atoms with Crippen molar-refractivity contribution < 1.29 is 36.0 Å². The molecule has 1 unspecified atom stereocenters. The molecule has 11 heteroatoms. The first-order chi connectivity index (χ1) is 25.4. The van der Waals surface area contributed by atoms with E-state index < -0.39 is 31.1 Å². The second-order valence-corrected chi connectivity index (χ2v) is 22.0. The van der Waals surface area contributed by atoms with Crippen molar-refractivity contribution in [3.05, 3.63) is 88.7 Å². The highest BCUT2D eigenvalue weighted by atomic mass is 32.2. The van der Waals surface area contributed by atoms with Crippen molar-refractivity contribution in [2.24, 2.45) is 5.41 Å². The maximum atomic E-state index is 12.1. The molecule has 0 saturated carbocycles. The van der Waals surface area contributed by atoms with Crippen molar-refractivity contribution in [1.82, 2.24) is 0 Å². The van der Waals surface area contributed by atoms with E-state index in [9.17, 15) is 26.7 Å². The number of rotatable bonds is 14. The molecule has 0 saturated heterocycles. The number of aryl methyl sites for hydroxylation is 1. The third-order valence-corrected chi connectivity index (χ3v) is 13.0. The average Bonchev–Trinajstić information content (AvgIpc) is 3.26. The fourth-order valence-corrected chi connectivity index (χ4v) is 9.48. The zero-order valence-corrected chi connectivity index (χ0v) is 35.9. The predicted molar refractivity (Wildman–Crippen MR) is 225 cm³/mol. The summed E-state index contributed by atoms with van der Waals surface area (Å²) in [6.07, 6.45) is 15.3. The molecule has 2 aromatic carbocycles. The molecule has 0 fully saturated rings. The second-order valence-electron chi connectivity index (χ2n) is 17.4. The quantitative estimate of drug-likeness (QED) is 0.189. The zero-order chi connectivity index (χ0) is 40.7. The van der Waals surface area contributed by atoms with Crippen molar-refractivity contribution in [3.8, 4) is 5.75 Å². The monoisotopic (exact) mass is 791 g/mol. The summed E-state index contributed by atoms with van der Waals surface area (Å²) < 4.78 is 57.2. The molecule has 2 aromatic rings. The number of fused-ring (bicyclic) bond motifs is 3. The average molecular weight is 792 g/mol. The van der Waals surface area contributed by atoms with Gasteiger partial charge in [-0.05, 0) is 83.2 Å². The van der Waals surface area contributed by atoms with Gasteiger partial charge in [0.05, 0.1) is 22.5 Å². The number of carboxylic acid groups (broad SMARTS) is 1. The van der Waals surface area contributed by atoms with Gasteiger partial charge in [-0.1, -0.05) is 50.6 Å². The molecule has 0 aliphatic carbocycles. The van der Waals surface area contributed by atoms with Gasteiger partial charge in [0.25, 0.3) is 0 Å². The number of aliphatic carboxylic acids is 1. The van der Waals surface area contributed by atoms with Gasteiger partial charge in [-0.15, -0.1) is 0 Å². The van der Waals surface area contributed by atoms with Crippen LogP contribution in [0.4, 0.5) is 11.4 Å². The molecule has 1 N–H and O–H groups in total. The number of benzene rings is 2. The minimum absolute atomic E-state index is 0.0630. The van der Waals surface area contributed by atoms with Crippen LogP contribution in [-0.4, -0.2) is 80.8 Å². The van der Waals surface area contributed by atoms with Gasteiger partial charge < -0.3 is 14.7 Å². The number of nitrogens with zero attached hydrogens (tertiary/aromatic N) is 2. The van der Waals surface area contributed by atoms with E-state index in [1.54, 1.807) is 0 Å². The van der Waals surface area contributed by atoms with E-state index in [1.165, 1.54) is 12.5 Å². The summed E-state index contributed by atoms with van der Waals surface area (Å²) in [5.74, 6) is 0.922. The van der Waals surface area contributed by atoms with Crippen LogP contribution in [0.15, 0.2) is 66.5 Å². The van der Waals surface area contributed by atoms with Crippen molar-refractivity contribution in [2.75, 3.05) is 42.0 Å².